The van der Waals surface area contributed by atoms with Crippen LogP contribution in [0.2, 0.25) is 0 Å². The van der Waals surface area contributed by atoms with E-state index in [4.69, 9.17) is 4.52 Å². The van der Waals surface area contributed by atoms with Crippen LogP contribution in [0.1, 0.15) is 18.1 Å². The minimum Gasteiger partial charge on any atom is -0.316 e. The van der Waals surface area contributed by atoms with Crippen LogP contribution in [0, 0.1) is 0 Å². The molecule has 2 aromatic rings. The van der Waals surface area contributed by atoms with Gasteiger partial charge in [-0.1, -0.05) is 60.7 Å². The van der Waals surface area contributed by atoms with E-state index in [1.165, 1.54) is 0 Å². The minimum absolute atomic E-state index is 0.639. The molecule has 0 bridgehead atoms. The lowest BCUT2D eigenvalue weighted by atomic mass is 9.88. The average Bonchev–Trinajstić information content (AvgIpc) is 2.41. The molecular weight excluding hydrogens is 231 g/mol. The summed E-state index contributed by atoms with van der Waals surface area (Å²) in [5.41, 5.74) is 1.38. The van der Waals surface area contributed by atoms with Gasteiger partial charge in [-0.2, -0.15) is 0 Å². The van der Waals surface area contributed by atoms with Gasteiger partial charge in [0.15, 0.2) is 8.69 Å². The van der Waals surface area contributed by atoms with Gasteiger partial charge in [0.2, 0.25) is 0 Å². The zero-order valence-corrected chi connectivity index (χ0v) is 10.8. The summed E-state index contributed by atoms with van der Waals surface area (Å²) in [6.45, 7) is 1.95. The van der Waals surface area contributed by atoms with Crippen molar-refractivity contribution in [3.63, 3.8) is 0 Å². The number of rotatable bonds is 4. The molecule has 1 atom stereocenters. The molecule has 2 rings (SSSR count). The van der Waals surface area contributed by atoms with Crippen LogP contribution in [0.3, 0.4) is 0 Å². The van der Waals surface area contributed by atoms with Crippen LogP contribution in [-0.4, -0.2) is 0 Å². The molecule has 0 fully saturated rings. The predicted octanol–water partition coefficient (Wildman–Crippen LogP) is 3.64. The van der Waals surface area contributed by atoms with Crippen molar-refractivity contribution in [2.75, 3.05) is 0 Å². The normalized spacial score (nSPS) is 12.1. The highest BCUT2D eigenvalue weighted by atomic mass is 31.1. The van der Waals surface area contributed by atoms with E-state index in [1.54, 1.807) is 0 Å². The van der Waals surface area contributed by atoms with Gasteiger partial charge in [-0.25, -0.2) is 0 Å². The Kier molecular flexibility index (Phi) is 3.78. The zero-order valence-electron chi connectivity index (χ0n) is 9.67. The maximum Gasteiger partial charge on any atom is 0.181 e. The third-order valence-corrected chi connectivity index (χ3v) is 3.50. The number of benzene rings is 2. The summed E-state index contributed by atoms with van der Waals surface area (Å²) in [5, 5.41) is 0. The summed E-state index contributed by atoms with van der Waals surface area (Å²) < 4.78 is 16.5. The Morgan fingerprint density at radius 2 is 1.29 bits per heavy atom. The fourth-order valence-corrected chi connectivity index (χ4v) is 2.38. The van der Waals surface area contributed by atoms with E-state index < -0.39 is 14.3 Å². The Morgan fingerprint density at radius 3 is 1.65 bits per heavy atom. The first kappa shape index (κ1) is 12.1. The highest BCUT2D eigenvalue weighted by molar-refractivity contribution is 7.17. The number of hydrogen-bond donors (Lipinski definition) is 0. The SMILES string of the molecule is CC(O[PH2]=O)(c1ccccc1)c1ccccc1. The molecular formula is C14H15O2P. The fraction of sp³-hybridized carbons (Fsp3) is 0.143. The Morgan fingerprint density at radius 1 is 0.882 bits per heavy atom. The standard InChI is InChI=1S/C14H15O2P/c1-14(16-17-15,12-8-4-2-5-9-12)13-10-6-3-7-11-13/h2-11H,17H2,1H3. The van der Waals surface area contributed by atoms with Crippen molar-refractivity contribution in [1.29, 1.82) is 0 Å². The van der Waals surface area contributed by atoms with Gasteiger partial charge < -0.3 is 4.52 Å². The first-order valence-electron chi connectivity index (χ1n) is 5.50. The van der Waals surface area contributed by atoms with Crippen molar-refractivity contribution in [2.24, 2.45) is 0 Å². The second kappa shape index (κ2) is 5.31. The van der Waals surface area contributed by atoms with E-state index in [-0.39, 0.29) is 0 Å². The van der Waals surface area contributed by atoms with Crippen molar-refractivity contribution >= 4 is 8.69 Å². The first-order valence-corrected chi connectivity index (χ1v) is 6.44. The van der Waals surface area contributed by atoms with E-state index >= 15 is 0 Å². The summed E-state index contributed by atoms with van der Waals surface area (Å²) in [6, 6.07) is 19.7. The predicted molar refractivity (Wildman–Crippen MR) is 70.8 cm³/mol. The molecule has 2 nitrogen and oxygen atoms in total. The van der Waals surface area contributed by atoms with E-state index in [0.717, 1.165) is 11.1 Å². The monoisotopic (exact) mass is 246 g/mol. The molecule has 1 unspecified atom stereocenters. The topological polar surface area (TPSA) is 26.3 Å². The van der Waals surface area contributed by atoms with Crippen LogP contribution in [0.5, 0.6) is 0 Å². The molecule has 0 aromatic heterocycles. The van der Waals surface area contributed by atoms with Crippen molar-refractivity contribution in [3.8, 4) is 0 Å². The van der Waals surface area contributed by atoms with Crippen LogP contribution in [0.15, 0.2) is 60.7 Å². The second-order valence-corrected chi connectivity index (χ2v) is 4.41. The van der Waals surface area contributed by atoms with Crippen LogP contribution < -0.4 is 0 Å². The lowest BCUT2D eigenvalue weighted by Gasteiger charge is -2.28. The van der Waals surface area contributed by atoms with Crippen LogP contribution >= 0.6 is 8.69 Å². The molecule has 0 heterocycles. The molecule has 0 saturated heterocycles. The molecule has 3 heteroatoms. The summed E-state index contributed by atoms with van der Waals surface area (Å²) in [4.78, 5) is 0. The Labute approximate surface area is 103 Å². The summed E-state index contributed by atoms with van der Waals surface area (Å²) in [7, 11) is -1.26. The van der Waals surface area contributed by atoms with E-state index in [0.29, 0.717) is 0 Å². The largest absolute Gasteiger partial charge is 0.316 e. The minimum atomic E-state index is -1.26. The Balaban J connectivity index is 2.50. The van der Waals surface area contributed by atoms with Gasteiger partial charge in [0, 0.05) is 0 Å². The summed E-state index contributed by atoms with van der Waals surface area (Å²) in [6.07, 6.45) is 0. The molecule has 0 spiro atoms. The average molecular weight is 246 g/mol. The highest BCUT2D eigenvalue weighted by Crippen LogP contribution is 2.35. The molecule has 0 radical (unpaired) electrons. The van der Waals surface area contributed by atoms with Gasteiger partial charge in [0.1, 0.15) is 5.60 Å². The van der Waals surface area contributed by atoms with Gasteiger partial charge in [-0.3, -0.25) is 4.57 Å². The van der Waals surface area contributed by atoms with Gasteiger partial charge in [0.05, 0.1) is 0 Å². The van der Waals surface area contributed by atoms with Gasteiger partial charge in [0.25, 0.3) is 0 Å². The molecule has 88 valence electrons. The van der Waals surface area contributed by atoms with E-state index in [9.17, 15) is 4.57 Å². The van der Waals surface area contributed by atoms with E-state index in [1.807, 2.05) is 67.6 Å². The first-order chi connectivity index (χ1) is 8.27. The van der Waals surface area contributed by atoms with Gasteiger partial charge in [-0.05, 0) is 18.1 Å². The maximum atomic E-state index is 11.0. The molecule has 0 N–H and O–H groups in total. The fourth-order valence-electron chi connectivity index (χ4n) is 1.91. The van der Waals surface area contributed by atoms with Crippen molar-refractivity contribution in [2.45, 2.75) is 12.5 Å². The molecule has 0 saturated carbocycles. The lowest BCUT2D eigenvalue weighted by Crippen LogP contribution is -2.23. The molecule has 0 aliphatic rings. The maximum absolute atomic E-state index is 11.0. The van der Waals surface area contributed by atoms with Crippen LogP contribution in [-0.2, 0) is 14.7 Å². The number of hydrogen-bond acceptors (Lipinski definition) is 2. The quantitative estimate of drug-likeness (QED) is 0.770. The van der Waals surface area contributed by atoms with Crippen molar-refractivity contribution in [3.05, 3.63) is 71.8 Å². The van der Waals surface area contributed by atoms with Gasteiger partial charge >= 0.3 is 0 Å². The summed E-state index contributed by atoms with van der Waals surface area (Å²) >= 11 is 0. The smallest absolute Gasteiger partial charge is 0.181 e. The Bertz CT molecular complexity index is 443. The summed E-state index contributed by atoms with van der Waals surface area (Å²) in [5.74, 6) is 0. The van der Waals surface area contributed by atoms with Crippen LogP contribution in [0.25, 0.3) is 0 Å². The third-order valence-electron chi connectivity index (χ3n) is 2.93. The second-order valence-electron chi connectivity index (χ2n) is 3.98. The van der Waals surface area contributed by atoms with E-state index in [2.05, 4.69) is 0 Å². The lowest BCUT2D eigenvalue weighted by molar-refractivity contribution is 0.152. The zero-order chi connectivity index (χ0) is 12.1. The molecule has 2 aromatic carbocycles. The van der Waals surface area contributed by atoms with Gasteiger partial charge in [-0.15, -0.1) is 0 Å². The van der Waals surface area contributed by atoms with Crippen molar-refractivity contribution in [1.82, 2.24) is 0 Å². The Hall–Kier alpha value is -1.37. The third kappa shape index (κ3) is 2.49. The molecule has 17 heavy (non-hydrogen) atoms. The van der Waals surface area contributed by atoms with Crippen molar-refractivity contribution < 1.29 is 9.09 Å². The molecule has 0 aliphatic heterocycles. The highest BCUT2D eigenvalue weighted by Gasteiger charge is 2.29. The molecule has 0 amide bonds. The molecule has 0 aliphatic carbocycles. The van der Waals surface area contributed by atoms with Crippen LogP contribution in [0.4, 0.5) is 0 Å².